The van der Waals surface area contributed by atoms with Gasteiger partial charge >= 0.3 is 5.97 Å². The summed E-state index contributed by atoms with van der Waals surface area (Å²) in [6.07, 6.45) is 1.22. The smallest absolute Gasteiger partial charge is 0.305 e. The fourth-order valence-electron chi connectivity index (χ4n) is 1.71. The minimum absolute atomic E-state index is 0.0846. The van der Waals surface area contributed by atoms with Crippen molar-refractivity contribution in [3.05, 3.63) is 35.4 Å². The standard InChI is InChI=1S/C15H20O3/c1-11(2)12-6-4-7-13(10-12)14(16)8-5-9-15(17)18-3/h4,6-7,10-11H,5,8-9H2,1-3H3. The van der Waals surface area contributed by atoms with Crippen molar-refractivity contribution in [3.63, 3.8) is 0 Å². The minimum atomic E-state index is -0.265. The van der Waals surface area contributed by atoms with E-state index in [1.807, 2.05) is 24.3 Å². The van der Waals surface area contributed by atoms with E-state index in [2.05, 4.69) is 18.6 Å². The van der Waals surface area contributed by atoms with Crippen molar-refractivity contribution in [1.29, 1.82) is 0 Å². The second-order valence-corrected chi connectivity index (χ2v) is 4.63. The first kappa shape index (κ1) is 14.4. The number of rotatable bonds is 6. The molecule has 0 unspecified atom stereocenters. The van der Waals surface area contributed by atoms with Crippen LogP contribution < -0.4 is 0 Å². The quantitative estimate of drug-likeness (QED) is 0.573. The van der Waals surface area contributed by atoms with Crippen LogP contribution in [0.3, 0.4) is 0 Å². The first-order valence-corrected chi connectivity index (χ1v) is 6.24. The lowest BCUT2D eigenvalue weighted by Gasteiger charge is -2.07. The molecule has 0 saturated carbocycles. The molecule has 1 aromatic rings. The van der Waals surface area contributed by atoms with E-state index in [0.717, 1.165) is 11.1 Å². The second-order valence-electron chi connectivity index (χ2n) is 4.63. The highest BCUT2D eigenvalue weighted by Gasteiger charge is 2.09. The average Bonchev–Trinajstić information content (AvgIpc) is 2.38. The zero-order valence-corrected chi connectivity index (χ0v) is 11.2. The third-order valence-corrected chi connectivity index (χ3v) is 2.89. The van der Waals surface area contributed by atoms with E-state index in [4.69, 9.17) is 0 Å². The van der Waals surface area contributed by atoms with Crippen molar-refractivity contribution in [2.24, 2.45) is 0 Å². The Morgan fingerprint density at radius 3 is 2.56 bits per heavy atom. The van der Waals surface area contributed by atoms with Crippen LogP contribution in [0.1, 0.15) is 54.9 Å². The molecule has 0 spiro atoms. The molecule has 98 valence electrons. The summed E-state index contributed by atoms with van der Waals surface area (Å²) in [6, 6.07) is 7.69. The van der Waals surface area contributed by atoms with E-state index in [-0.39, 0.29) is 11.8 Å². The van der Waals surface area contributed by atoms with E-state index in [9.17, 15) is 9.59 Å². The van der Waals surface area contributed by atoms with Gasteiger partial charge in [0, 0.05) is 18.4 Å². The Hall–Kier alpha value is -1.64. The summed E-state index contributed by atoms with van der Waals surface area (Å²) < 4.78 is 4.54. The van der Waals surface area contributed by atoms with Crippen molar-refractivity contribution in [2.45, 2.75) is 39.0 Å². The summed E-state index contributed by atoms with van der Waals surface area (Å²) >= 11 is 0. The molecule has 0 aliphatic heterocycles. The topological polar surface area (TPSA) is 43.4 Å². The number of hydrogen-bond donors (Lipinski definition) is 0. The second kappa shape index (κ2) is 6.94. The summed E-state index contributed by atoms with van der Waals surface area (Å²) in [6.45, 7) is 4.20. The van der Waals surface area contributed by atoms with Crippen molar-refractivity contribution in [2.75, 3.05) is 7.11 Å². The van der Waals surface area contributed by atoms with E-state index < -0.39 is 0 Å². The number of Topliss-reactive ketones (excluding diaryl/α,β-unsaturated/α-hetero) is 1. The molecular weight excluding hydrogens is 228 g/mol. The summed E-state index contributed by atoms with van der Waals surface area (Å²) in [5, 5.41) is 0. The number of ether oxygens (including phenoxy) is 1. The lowest BCUT2D eigenvalue weighted by molar-refractivity contribution is -0.140. The van der Waals surface area contributed by atoms with Crippen LogP contribution in [0.4, 0.5) is 0 Å². The van der Waals surface area contributed by atoms with Gasteiger partial charge in [0.05, 0.1) is 7.11 Å². The Morgan fingerprint density at radius 2 is 1.94 bits per heavy atom. The zero-order chi connectivity index (χ0) is 13.5. The monoisotopic (exact) mass is 248 g/mol. The Balaban J connectivity index is 2.56. The molecule has 0 bridgehead atoms. The van der Waals surface area contributed by atoms with E-state index >= 15 is 0 Å². The largest absolute Gasteiger partial charge is 0.469 e. The Kier molecular flexibility index (Phi) is 5.56. The molecule has 1 aromatic carbocycles. The molecule has 0 radical (unpaired) electrons. The normalized spacial score (nSPS) is 10.4. The van der Waals surface area contributed by atoms with Crippen molar-refractivity contribution in [3.8, 4) is 0 Å². The SMILES string of the molecule is COC(=O)CCCC(=O)c1cccc(C(C)C)c1. The molecule has 18 heavy (non-hydrogen) atoms. The highest BCUT2D eigenvalue weighted by molar-refractivity contribution is 5.96. The van der Waals surface area contributed by atoms with Gasteiger partial charge in [-0.25, -0.2) is 0 Å². The maximum absolute atomic E-state index is 11.9. The maximum atomic E-state index is 11.9. The van der Waals surface area contributed by atoms with Gasteiger partial charge in [-0.3, -0.25) is 9.59 Å². The lowest BCUT2D eigenvalue weighted by atomic mass is 9.98. The fraction of sp³-hybridized carbons (Fsp3) is 0.467. The van der Waals surface area contributed by atoms with Gasteiger partial charge in [-0.1, -0.05) is 32.0 Å². The van der Waals surface area contributed by atoms with Crippen LogP contribution >= 0.6 is 0 Å². The highest BCUT2D eigenvalue weighted by atomic mass is 16.5. The number of benzene rings is 1. The Morgan fingerprint density at radius 1 is 1.22 bits per heavy atom. The summed E-state index contributed by atoms with van der Waals surface area (Å²) in [5.74, 6) is 0.230. The number of esters is 1. The van der Waals surface area contributed by atoms with Gasteiger partial charge in [-0.05, 0) is 24.0 Å². The molecule has 0 aliphatic rings. The molecule has 0 atom stereocenters. The van der Waals surface area contributed by atoms with Crippen LogP contribution in [-0.4, -0.2) is 18.9 Å². The molecule has 0 fully saturated rings. The van der Waals surface area contributed by atoms with E-state index in [0.29, 0.717) is 25.2 Å². The minimum Gasteiger partial charge on any atom is -0.469 e. The van der Waals surface area contributed by atoms with Crippen LogP contribution in [0.15, 0.2) is 24.3 Å². The molecule has 0 amide bonds. The first-order valence-electron chi connectivity index (χ1n) is 6.24. The van der Waals surface area contributed by atoms with Crippen LogP contribution in [-0.2, 0) is 9.53 Å². The van der Waals surface area contributed by atoms with Gasteiger partial charge in [0.2, 0.25) is 0 Å². The van der Waals surface area contributed by atoms with Crippen LogP contribution in [0.5, 0.6) is 0 Å². The fourth-order valence-corrected chi connectivity index (χ4v) is 1.71. The molecule has 0 aliphatic carbocycles. The number of hydrogen-bond acceptors (Lipinski definition) is 3. The van der Waals surface area contributed by atoms with Gasteiger partial charge in [-0.2, -0.15) is 0 Å². The van der Waals surface area contributed by atoms with Gasteiger partial charge in [0.1, 0.15) is 0 Å². The molecule has 0 N–H and O–H groups in total. The summed E-state index contributed by atoms with van der Waals surface area (Å²) in [5.41, 5.74) is 1.89. The number of methoxy groups -OCH3 is 1. The third kappa shape index (κ3) is 4.32. The number of carbonyl (C=O) groups is 2. The summed E-state index contributed by atoms with van der Waals surface area (Å²) in [4.78, 5) is 22.9. The molecule has 1 rings (SSSR count). The highest BCUT2D eigenvalue weighted by Crippen LogP contribution is 2.17. The molecule has 0 aromatic heterocycles. The van der Waals surface area contributed by atoms with Crippen LogP contribution in [0, 0.1) is 0 Å². The van der Waals surface area contributed by atoms with E-state index in [1.165, 1.54) is 7.11 Å². The predicted molar refractivity (Wildman–Crippen MR) is 70.7 cm³/mol. The van der Waals surface area contributed by atoms with Gasteiger partial charge < -0.3 is 4.74 Å². The Labute approximate surface area is 108 Å². The van der Waals surface area contributed by atoms with Gasteiger partial charge in [-0.15, -0.1) is 0 Å². The first-order chi connectivity index (χ1) is 8.54. The molecular formula is C15H20O3. The van der Waals surface area contributed by atoms with Crippen molar-refractivity contribution >= 4 is 11.8 Å². The van der Waals surface area contributed by atoms with Gasteiger partial charge in [0.25, 0.3) is 0 Å². The van der Waals surface area contributed by atoms with Crippen molar-refractivity contribution in [1.82, 2.24) is 0 Å². The zero-order valence-electron chi connectivity index (χ0n) is 11.2. The Bertz CT molecular complexity index is 422. The average molecular weight is 248 g/mol. The molecule has 3 nitrogen and oxygen atoms in total. The molecule has 0 heterocycles. The molecule has 3 heteroatoms. The van der Waals surface area contributed by atoms with Gasteiger partial charge in [0.15, 0.2) is 5.78 Å². The summed E-state index contributed by atoms with van der Waals surface area (Å²) in [7, 11) is 1.36. The van der Waals surface area contributed by atoms with Crippen LogP contribution in [0.25, 0.3) is 0 Å². The van der Waals surface area contributed by atoms with Crippen molar-refractivity contribution < 1.29 is 14.3 Å². The van der Waals surface area contributed by atoms with Crippen LogP contribution in [0.2, 0.25) is 0 Å². The number of carbonyl (C=O) groups excluding carboxylic acids is 2. The predicted octanol–water partition coefficient (Wildman–Crippen LogP) is 3.34. The maximum Gasteiger partial charge on any atom is 0.305 e. The van der Waals surface area contributed by atoms with E-state index in [1.54, 1.807) is 0 Å². The third-order valence-electron chi connectivity index (χ3n) is 2.89. The molecule has 0 saturated heterocycles. The number of ketones is 1. The lowest BCUT2D eigenvalue weighted by Crippen LogP contribution is -2.04.